The Labute approximate surface area is 113 Å². The molecule has 1 unspecified atom stereocenters. The van der Waals surface area contributed by atoms with Crippen molar-refractivity contribution in [1.82, 2.24) is 14.9 Å². The van der Waals surface area contributed by atoms with E-state index < -0.39 is 0 Å². The summed E-state index contributed by atoms with van der Waals surface area (Å²) in [6.45, 7) is 5.30. The Bertz CT molecular complexity index is 490. The van der Waals surface area contributed by atoms with Crippen molar-refractivity contribution in [2.75, 3.05) is 6.54 Å². The standard InChI is InChI=1S/C14H19N3S/c1-4-15-11(2)12-5-7-13(8-6-12)18-14-16-9-10-17(14)3/h5-11,15H,4H2,1-3H3. The number of nitrogens with zero attached hydrogens (tertiary/aromatic N) is 2. The molecule has 1 N–H and O–H groups in total. The molecule has 4 heteroatoms. The summed E-state index contributed by atoms with van der Waals surface area (Å²) in [6, 6.07) is 9.07. The summed E-state index contributed by atoms with van der Waals surface area (Å²) >= 11 is 1.69. The number of hydrogen-bond donors (Lipinski definition) is 1. The summed E-state index contributed by atoms with van der Waals surface area (Å²) in [5.41, 5.74) is 1.32. The molecule has 0 fully saturated rings. The van der Waals surface area contributed by atoms with Crippen LogP contribution in [0.3, 0.4) is 0 Å². The van der Waals surface area contributed by atoms with E-state index in [0.717, 1.165) is 11.7 Å². The average molecular weight is 261 g/mol. The summed E-state index contributed by atoms with van der Waals surface area (Å²) in [6.07, 6.45) is 3.79. The molecule has 0 saturated heterocycles. The van der Waals surface area contributed by atoms with Crippen molar-refractivity contribution in [3.05, 3.63) is 42.2 Å². The third-order valence-corrected chi connectivity index (χ3v) is 3.96. The van der Waals surface area contributed by atoms with Gasteiger partial charge >= 0.3 is 0 Å². The van der Waals surface area contributed by atoms with Crippen LogP contribution in [0.15, 0.2) is 46.7 Å². The second kappa shape index (κ2) is 6.07. The molecule has 0 aliphatic carbocycles. The minimum Gasteiger partial charge on any atom is -0.329 e. The molecule has 1 heterocycles. The predicted molar refractivity (Wildman–Crippen MR) is 75.9 cm³/mol. The fourth-order valence-corrected chi connectivity index (χ4v) is 2.61. The van der Waals surface area contributed by atoms with Gasteiger partial charge in [0.2, 0.25) is 0 Å². The molecule has 0 radical (unpaired) electrons. The van der Waals surface area contributed by atoms with Gasteiger partial charge in [0.05, 0.1) is 0 Å². The van der Waals surface area contributed by atoms with Gasteiger partial charge in [-0.2, -0.15) is 0 Å². The maximum atomic E-state index is 4.31. The molecule has 0 aliphatic rings. The number of rotatable bonds is 5. The fourth-order valence-electron chi connectivity index (χ4n) is 1.80. The topological polar surface area (TPSA) is 29.9 Å². The highest BCUT2D eigenvalue weighted by atomic mass is 32.2. The second-order valence-electron chi connectivity index (χ2n) is 4.27. The van der Waals surface area contributed by atoms with Crippen LogP contribution in [-0.4, -0.2) is 16.1 Å². The molecule has 18 heavy (non-hydrogen) atoms. The van der Waals surface area contributed by atoms with Crippen LogP contribution in [0.1, 0.15) is 25.5 Å². The quantitative estimate of drug-likeness (QED) is 0.896. The summed E-state index contributed by atoms with van der Waals surface area (Å²) in [5.74, 6) is 0. The van der Waals surface area contributed by atoms with Gasteiger partial charge in [-0.05, 0) is 31.2 Å². The lowest BCUT2D eigenvalue weighted by Crippen LogP contribution is -2.17. The second-order valence-corrected chi connectivity index (χ2v) is 5.31. The highest BCUT2D eigenvalue weighted by Crippen LogP contribution is 2.26. The molecular formula is C14H19N3S. The van der Waals surface area contributed by atoms with Gasteiger partial charge in [0.25, 0.3) is 0 Å². The Balaban J connectivity index is 2.06. The Morgan fingerprint density at radius 3 is 2.61 bits per heavy atom. The van der Waals surface area contributed by atoms with Crippen molar-refractivity contribution in [3.8, 4) is 0 Å². The van der Waals surface area contributed by atoms with Crippen molar-refractivity contribution < 1.29 is 0 Å². The van der Waals surface area contributed by atoms with E-state index in [4.69, 9.17) is 0 Å². The summed E-state index contributed by atoms with van der Waals surface area (Å²) in [7, 11) is 2.01. The van der Waals surface area contributed by atoms with E-state index in [1.807, 2.05) is 24.0 Å². The predicted octanol–water partition coefficient (Wildman–Crippen LogP) is 3.24. The SMILES string of the molecule is CCNC(C)c1ccc(Sc2nccn2C)cc1. The van der Waals surface area contributed by atoms with Crippen LogP contribution in [0.5, 0.6) is 0 Å². The van der Waals surface area contributed by atoms with E-state index in [0.29, 0.717) is 6.04 Å². The van der Waals surface area contributed by atoms with Gasteiger partial charge in [0.15, 0.2) is 5.16 Å². The Hall–Kier alpha value is -1.26. The first-order chi connectivity index (χ1) is 8.70. The zero-order valence-corrected chi connectivity index (χ0v) is 11.9. The van der Waals surface area contributed by atoms with Crippen LogP contribution in [0.4, 0.5) is 0 Å². The first-order valence-corrected chi connectivity index (χ1v) is 7.01. The Kier molecular flexibility index (Phi) is 4.44. The normalized spacial score (nSPS) is 12.6. The number of aryl methyl sites for hydroxylation is 1. The highest BCUT2D eigenvalue weighted by molar-refractivity contribution is 7.99. The van der Waals surface area contributed by atoms with Gasteiger partial charge in [-0.1, -0.05) is 30.8 Å². The van der Waals surface area contributed by atoms with Gasteiger partial charge in [0, 0.05) is 30.4 Å². The smallest absolute Gasteiger partial charge is 0.172 e. The monoisotopic (exact) mass is 261 g/mol. The van der Waals surface area contributed by atoms with Crippen molar-refractivity contribution in [2.24, 2.45) is 7.05 Å². The zero-order chi connectivity index (χ0) is 13.0. The molecule has 2 aromatic rings. The van der Waals surface area contributed by atoms with Crippen LogP contribution in [0.25, 0.3) is 0 Å². The molecule has 1 aromatic heterocycles. The van der Waals surface area contributed by atoms with Crippen molar-refractivity contribution >= 4 is 11.8 Å². The van der Waals surface area contributed by atoms with Crippen LogP contribution in [0, 0.1) is 0 Å². The Morgan fingerprint density at radius 2 is 2.06 bits per heavy atom. The molecule has 0 bridgehead atoms. The number of nitrogens with one attached hydrogen (secondary N) is 1. The lowest BCUT2D eigenvalue weighted by atomic mass is 10.1. The third kappa shape index (κ3) is 3.15. The highest BCUT2D eigenvalue weighted by Gasteiger charge is 2.05. The number of hydrogen-bond acceptors (Lipinski definition) is 3. The van der Waals surface area contributed by atoms with E-state index in [2.05, 4.69) is 48.4 Å². The summed E-state index contributed by atoms with van der Waals surface area (Å²) in [4.78, 5) is 5.53. The van der Waals surface area contributed by atoms with Gasteiger partial charge < -0.3 is 9.88 Å². The van der Waals surface area contributed by atoms with E-state index in [-0.39, 0.29) is 0 Å². The van der Waals surface area contributed by atoms with Crippen molar-refractivity contribution in [1.29, 1.82) is 0 Å². The number of imidazole rings is 1. The lowest BCUT2D eigenvalue weighted by molar-refractivity contribution is 0.598. The van der Waals surface area contributed by atoms with Crippen LogP contribution < -0.4 is 5.32 Å². The van der Waals surface area contributed by atoms with Gasteiger partial charge in [-0.25, -0.2) is 4.98 Å². The molecule has 0 spiro atoms. The van der Waals surface area contributed by atoms with Gasteiger partial charge in [-0.3, -0.25) is 0 Å². The van der Waals surface area contributed by atoms with Crippen LogP contribution in [-0.2, 0) is 7.05 Å². The molecule has 96 valence electrons. The van der Waals surface area contributed by atoms with E-state index in [1.165, 1.54) is 10.5 Å². The first-order valence-electron chi connectivity index (χ1n) is 6.19. The molecule has 0 amide bonds. The average Bonchev–Trinajstić information content (AvgIpc) is 2.76. The maximum Gasteiger partial charge on any atom is 0.172 e. The molecule has 1 atom stereocenters. The van der Waals surface area contributed by atoms with Gasteiger partial charge in [0.1, 0.15) is 0 Å². The fraction of sp³-hybridized carbons (Fsp3) is 0.357. The maximum absolute atomic E-state index is 4.31. The van der Waals surface area contributed by atoms with Crippen molar-refractivity contribution in [2.45, 2.75) is 29.9 Å². The molecule has 3 nitrogen and oxygen atoms in total. The Morgan fingerprint density at radius 1 is 1.33 bits per heavy atom. The first kappa shape index (κ1) is 13.2. The van der Waals surface area contributed by atoms with Gasteiger partial charge in [-0.15, -0.1) is 0 Å². The van der Waals surface area contributed by atoms with Crippen LogP contribution in [0.2, 0.25) is 0 Å². The number of aromatic nitrogens is 2. The summed E-state index contributed by atoms with van der Waals surface area (Å²) < 4.78 is 2.03. The van der Waals surface area contributed by atoms with E-state index in [1.54, 1.807) is 11.8 Å². The van der Waals surface area contributed by atoms with Crippen molar-refractivity contribution in [3.63, 3.8) is 0 Å². The largest absolute Gasteiger partial charge is 0.329 e. The zero-order valence-electron chi connectivity index (χ0n) is 11.1. The van der Waals surface area contributed by atoms with Crippen LogP contribution >= 0.6 is 11.8 Å². The molecular weight excluding hydrogens is 242 g/mol. The lowest BCUT2D eigenvalue weighted by Gasteiger charge is -2.12. The summed E-state index contributed by atoms with van der Waals surface area (Å²) in [5, 5.41) is 4.43. The third-order valence-electron chi connectivity index (χ3n) is 2.88. The molecule has 2 rings (SSSR count). The van der Waals surface area contributed by atoms with E-state index in [9.17, 15) is 0 Å². The molecule has 0 aliphatic heterocycles. The minimum absolute atomic E-state index is 0.405. The van der Waals surface area contributed by atoms with E-state index >= 15 is 0 Å². The minimum atomic E-state index is 0.405. The molecule has 1 aromatic carbocycles. The number of benzene rings is 1. The molecule has 0 saturated carbocycles.